The molecule has 0 saturated carbocycles. The summed E-state index contributed by atoms with van der Waals surface area (Å²) in [5, 5.41) is 9.67. The summed E-state index contributed by atoms with van der Waals surface area (Å²) in [6.07, 6.45) is -5.84. The van der Waals surface area contributed by atoms with E-state index < -0.39 is 48.0 Å². The van der Waals surface area contributed by atoms with Gasteiger partial charge in [-0.2, -0.15) is 0 Å². The number of nitrogens with zero attached hydrogens (tertiary/aromatic N) is 1. The number of ether oxygens (including phenoxy) is 2. The molecule has 7 nitrogen and oxygen atoms in total. The molecule has 0 aliphatic heterocycles. The van der Waals surface area contributed by atoms with Gasteiger partial charge in [0, 0.05) is 17.1 Å². The number of aromatic nitrogens is 1. The fourth-order valence-electron chi connectivity index (χ4n) is 3.00. The zero-order chi connectivity index (χ0) is 24.7. The molecule has 1 aromatic heterocycles. The molecule has 1 heterocycles. The predicted octanol–water partition coefficient (Wildman–Crippen LogP) is 3.31. The van der Waals surface area contributed by atoms with Crippen molar-refractivity contribution in [3.63, 3.8) is 0 Å². The van der Waals surface area contributed by atoms with Crippen molar-refractivity contribution in [1.82, 2.24) is 4.57 Å². The van der Waals surface area contributed by atoms with Gasteiger partial charge in [-0.3, -0.25) is 9.36 Å². The average molecular weight is 425 g/mol. The van der Waals surface area contributed by atoms with Gasteiger partial charge in [0.2, 0.25) is 0 Å². The number of nitrogen functional groups attached to an aromatic ring is 1. The van der Waals surface area contributed by atoms with E-state index in [9.17, 15) is 27.9 Å². The van der Waals surface area contributed by atoms with Gasteiger partial charge in [0.05, 0.1) is 28.5 Å². The molecule has 158 valence electrons. The van der Waals surface area contributed by atoms with E-state index in [1.807, 2.05) is 0 Å². The lowest BCUT2D eigenvalue weighted by Gasteiger charge is -2.17. The summed E-state index contributed by atoms with van der Waals surface area (Å²) in [4.78, 5) is 25.7. The number of methoxy groups -OCH3 is 1. The maximum absolute atomic E-state index is 13.2. The second-order valence-corrected chi connectivity index (χ2v) is 6.31. The lowest BCUT2D eigenvalue weighted by molar-refractivity contribution is -0.274. The van der Waals surface area contributed by atoms with Crippen molar-refractivity contribution >= 4 is 22.6 Å². The van der Waals surface area contributed by atoms with E-state index in [-0.39, 0.29) is 16.6 Å². The fourth-order valence-corrected chi connectivity index (χ4v) is 3.00. The van der Waals surface area contributed by atoms with Gasteiger partial charge < -0.3 is 20.3 Å². The Morgan fingerprint density at radius 1 is 1.23 bits per heavy atom. The van der Waals surface area contributed by atoms with Crippen LogP contribution in [0.15, 0.2) is 47.3 Å². The highest BCUT2D eigenvalue weighted by Crippen LogP contribution is 2.31. The van der Waals surface area contributed by atoms with Crippen LogP contribution in [0.1, 0.15) is 33.1 Å². The third-order valence-corrected chi connectivity index (χ3v) is 4.35. The molecule has 0 unspecified atom stereocenters. The number of rotatable bonds is 4. The largest absolute Gasteiger partial charge is 0.573 e. The maximum Gasteiger partial charge on any atom is 0.573 e. The minimum absolute atomic E-state index is 0.0266. The number of benzene rings is 2. The lowest BCUT2D eigenvalue weighted by atomic mass is 10.1. The van der Waals surface area contributed by atoms with E-state index in [0.29, 0.717) is 5.56 Å². The number of halogens is 3. The van der Waals surface area contributed by atoms with Crippen LogP contribution in [-0.2, 0) is 4.74 Å². The number of nitrogens with two attached hydrogens (primary N) is 1. The monoisotopic (exact) mass is 425 g/mol. The van der Waals surface area contributed by atoms with Crippen molar-refractivity contribution in [2.75, 3.05) is 12.8 Å². The smallest absolute Gasteiger partial charge is 0.465 e. The van der Waals surface area contributed by atoms with Crippen LogP contribution < -0.4 is 16.0 Å². The molecule has 0 spiro atoms. The van der Waals surface area contributed by atoms with Gasteiger partial charge in [-0.1, -0.05) is 12.1 Å². The number of carbonyl (C=O) groups excluding carboxylic acids is 1. The van der Waals surface area contributed by atoms with E-state index in [2.05, 4.69) is 9.47 Å². The first-order valence-corrected chi connectivity index (χ1v) is 8.43. The number of aliphatic hydroxyl groups is 1. The molecule has 3 aromatic rings. The van der Waals surface area contributed by atoms with E-state index in [4.69, 9.17) is 9.85 Å². The first kappa shape index (κ1) is 17.3. The summed E-state index contributed by atoms with van der Waals surface area (Å²) in [5.74, 6) is -2.18. The van der Waals surface area contributed by atoms with Gasteiger partial charge in [0.15, 0.2) is 0 Å². The van der Waals surface area contributed by atoms with Crippen LogP contribution in [0.25, 0.3) is 16.6 Å². The average Bonchev–Trinajstić information content (AvgIpc) is 2.65. The highest BCUT2D eigenvalue weighted by Gasteiger charge is 2.31. The minimum Gasteiger partial charge on any atom is -0.465 e. The Balaban J connectivity index is 2.34. The van der Waals surface area contributed by atoms with Gasteiger partial charge in [-0.05, 0) is 36.8 Å². The molecule has 0 amide bonds. The molecule has 0 aliphatic rings. The molecule has 3 rings (SSSR count). The van der Waals surface area contributed by atoms with E-state index in [0.717, 1.165) is 22.8 Å². The lowest BCUT2D eigenvalue weighted by Crippen LogP contribution is -2.28. The van der Waals surface area contributed by atoms with Gasteiger partial charge in [0.1, 0.15) is 11.3 Å². The number of hydrogen-bond donors (Lipinski definition) is 2. The molecule has 10 heteroatoms. The first-order chi connectivity index (χ1) is 15.2. The van der Waals surface area contributed by atoms with Crippen molar-refractivity contribution in [2.45, 2.75) is 19.4 Å². The van der Waals surface area contributed by atoms with Crippen LogP contribution in [0, 0.1) is 0 Å². The Morgan fingerprint density at radius 2 is 1.90 bits per heavy atom. The highest BCUT2D eigenvalue weighted by atomic mass is 19.4. The number of aliphatic hydroxyl groups excluding tert-OH is 1. The minimum atomic E-state index is -5.01. The van der Waals surface area contributed by atoms with Crippen LogP contribution in [0.3, 0.4) is 0 Å². The Bertz CT molecular complexity index is 1270. The van der Waals surface area contributed by atoms with Crippen LogP contribution in [0.5, 0.6) is 5.75 Å². The van der Waals surface area contributed by atoms with Crippen molar-refractivity contribution < 1.29 is 36.7 Å². The summed E-state index contributed by atoms with van der Waals surface area (Å²) in [6.45, 7) is 1.50. The third kappa shape index (κ3) is 3.94. The number of alkyl halides is 3. The normalized spacial score (nSPS) is 14.5. The molecule has 0 saturated heterocycles. The molecule has 0 aliphatic carbocycles. The molecular formula is C20H17F3N2O5. The van der Waals surface area contributed by atoms with Crippen molar-refractivity contribution in [3.05, 3.63) is 63.9 Å². The SMILES string of the molecule is [2H]C([2H])([2H])OC(=O)c1c(N)c2ccc(OC(F)(F)F)cc2n(-c2ccc([C@@H](C)O)cc2)c1=O. The highest BCUT2D eigenvalue weighted by molar-refractivity contribution is 6.04. The van der Waals surface area contributed by atoms with E-state index in [1.165, 1.54) is 31.2 Å². The van der Waals surface area contributed by atoms with Crippen LogP contribution >= 0.6 is 0 Å². The molecule has 0 radical (unpaired) electrons. The Morgan fingerprint density at radius 3 is 2.47 bits per heavy atom. The van der Waals surface area contributed by atoms with E-state index >= 15 is 0 Å². The number of carbonyl (C=O) groups is 1. The van der Waals surface area contributed by atoms with Crippen molar-refractivity contribution in [2.24, 2.45) is 0 Å². The van der Waals surface area contributed by atoms with Crippen molar-refractivity contribution in [3.8, 4) is 11.4 Å². The molecule has 3 N–H and O–H groups in total. The number of hydrogen-bond acceptors (Lipinski definition) is 6. The van der Waals surface area contributed by atoms with Gasteiger partial charge in [-0.15, -0.1) is 13.2 Å². The summed E-state index contributed by atoms with van der Waals surface area (Å²) >= 11 is 0. The Hall–Kier alpha value is -3.53. The summed E-state index contributed by atoms with van der Waals surface area (Å²) in [7, 11) is -3.17. The van der Waals surface area contributed by atoms with Crippen LogP contribution in [-0.4, -0.2) is 29.0 Å². The molecule has 1 atom stereocenters. The van der Waals surface area contributed by atoms with Gasteiger partial charge in [-0.25, -0.2) is 4.79 Å². The first-order valence-electron chi connectivity index (χ1n) is 9.93. The fraction of sp³-hybridized carbons (Fsp3) is 0.200. The van der Waals surface area contributed by atoms with Gasteiger partial charge in [0.25, 0.3) is 5.56 Å². The Kier molecular flexibility index (Phi) is 4.46. The molecule has 0 fully saturated rings. The molecule has 30 heavy (non-hydrogen) atoms. The molecular weight excluding hydrogens is 405 g/mol. The zero-order valence-electron chi connectivity index (χ0n) is 18.4. The molecule has 0 bridgehead atoms. The number of fused-ring (bicyclic) bond motifs is 1. The number of esters is 1. The summed E-state index contributed by atoms with van der Waals surface area (Å²) in [6, 6.07) is 8.62. The zero-order valence-corrected chi connectivity index (χ0v) is 15.4. The summed E-state index contributed by atoms with van der Waals surface area (Å²) in [5.41, 5.74) is 3.97. The standard InChI is InChI=1S/C20H17F3N2O5/c1-10(26)11-3-5-12(6-4-11)25-15-9-13(30-20(21,22)23)7-8-14(15)17(24)16(18(25)27)19(28)29-2/h3-10,26H,24H2,1-2H3/t10-/m1/s1/i2D3. The predicted molar refractivity (Wildman–Crippen MR) is 103 cm³/mol. The number of anilines is 1. The van der Waals surface area contributed by atoms with E-state index in [1.54, 1.807) is 0 Å². The third-order valence-electron chi connectivity index (χ3n) is 4.35. The number of pyridine rings is 1. The van der Waals surface area contributed by atoms with Crippen LogP contribution in [0.2, 0.25) is 0 Å². The maximum atomic E-state index is 13.2. The second-order valence-electron chi connectivity index (χ2n) is 6.31. The Labute approximate surface area is 172 Å². The molecule has 2 aromatic carbocycles. The quantitative estimate of drug-likeness (QED) is 0.622. The topological polar surface area (TPSA) is 104 Å². The van der Waals surface area contributed by atoms with Gasteiger partial charge >= 0.3 is 12.3 Å². The second kappa shape index (κ2) is 7.71. The summed E-state index contributed by atoms with van der Waals surface area (Å²) < 4.78 is 68.6. The van der Waals surface area contributed by atoms with Crippen LogP contribution in [0.4, 0.5) is 18.9 Å². The van der Waals surface area contributed by atoms with Crippen molar-refractivity contribution in [1.29, 1.82) is 0 Å².